The molecule has 1 aliphatic heterocycles. The maximum Gasteiger partial charge on any atom is 0.332 e. The van der Waals surface area contributed by atoms with Crippen molar-refractivity contribution in [1.82, 2.24) is 19.4 Å². The number of hydrogen-bond donors (Lipinski definition) is 2. The minimum atomic E-state index is -0.196. The number of phenols is 1. The number of nitrogens with zero attached hydrogens (tertiary/aromatic N) is 4. The van der Waals surface area contributed by atoms with E-state index >= 15 is 0 Å². The van der Waals surface area contributed by atoms with Gasteiger partial charge in [0.1, 0.15) is 5.75 Å². The predicted molar refractivity (Wildman–Crippen MR) is 141 cm³/mol. The Hall–Kier alpha value is -3.26. The van der Waals surface area contributed by atoms with Crippen LogP contribution in [0.25, 0.3) is 27.9 Å². The molecular weight excluding hydrogens is 485 g/mol. The van der Waals surface area contributed by atoms with Gasteiger partial charge in [-0.05, 0) is 42.8 Å². The van der Waals surface area contributed by atoms with E-state index in [9.17, 15) is 9.90 Å². The number of aromatic nitrogens is 3. The Labute approximate surface area is 213 Å². The van der Waals surface area contributed by atoms with Gasteiger partial charge in [-0.25, -0.2) is 4.79 Å². The highest BCUT2D eigenvalue weighted by Gasteiger charge is 2.19. The van der Waals surface area contributed by atoms with Crippen molar-refractivity contribution >= 4 is 28.9 Å². The number of anilines is 1. The number of rotatable bonds is 4. The Kier molecular flexibility index (Phi) is 6.32. The topological polar surface area (TPSA) is 75.3 Å². The third-order valence-corrected chi connectivity index (χ3v) is 6.83. The molecule has 1 fully saturated rings. The van der Waals surface area contributed by atoms with E-state index in [0.29, 0.717) is 38.5 Å². The molecule has 0 bridgehead atoms. The Morgan fingerprint density at radius 3 is 2.51 bits per heavy atom. The molecule has 0 unspecified atom stereocenters. The summed E-state index contributed by atoms with van der Waals surface area (Å²) in [7, 11) is 1.68. The number of imidazole rings is 1. The lowest BCUT2D eigenvalue weighted by Gasteiger charge is -2.33. The van der Waals surface area contributed by atoms with E-state index < -0.39 is 0 Å². The average molecular weight is 510 g/mol. The first-order valence-electron chi connectivity index (χ1n) is 11.3. The molecular formula is C26H25Cl2N5O2. The van der Waals surface area contributed by atoms with Crippen LogP contribution in [0, 0.1) is 0 Å². The minimum Gasteiger partial charge on any atom is -0.507 e. The van der Waals surface area contributed by atoms with Crippen LogP contribution in [0.15, 0.2) is 66.0 Å². The molecule has 180 valence electrons. The van der Waals surface area contributed by atoms with Crippen molar-refractivity contribution in [2.75, 3.05) is 24.5 Å². The van der Waals surface area contributed by atoms with E-state index in [-0.39, 0.29) is 11.4 Å². The molecule has 0 spiro atoms. The van der Waals surface area contributed by atoms with E-state index in [1.165, 1.54) is 9.13 Å². The Balaban J connectivity index is 1.54. The van der Waals surface area contributed by atoms with Crippen molar-refractivity contribution in [3.05, 3.63) is 81.7 Å². The van der Waals surface area contributed by atoms with Crippen molar-refractivity contribution in [3.8, 4) is 33.7 Å². The second kappa shape index (κ2) is 9.41. The quantitative estimate of drug-likeness (QED) is 0.416. The standard InChI is InChI=1S/C26H25Cl2N5O2/c1-16-15-32(6-5-30-16)20-9-18(13-29-14-20)22-12-19(27)11-21(25(22)34)17-3-4-24(23(28)10-17)33-8-7-31(2)26(33)35/h3-4,7-14,16,30,34H,5-6,15H2,1-2H3/t16-/m1/s1. The summed E-state index contributed by atoms with van der Waals surface area (Å²) in [6, 6.07) is 11.1. The van der Waals surface area contributed by atoms with E-state index in [2.05, 4.69) is 22.1 Å². The van der Waals surface area contributed by atoms with Gasteiger partial charge in [0, 0.05) is 73.0 Å². The SMILES string of the molecule is C[C@@H]1CN(c2cncc(-c3cc(Cl)cc(-c4ccc(-n5ccn(C)c5=O)c(Cl)c4)c3O)c2)CCN1. The molecule has 0 radical (unpaired) electrons. The van der Waals surface area contributed by atoms with Gasteiger partial charge >= 0.3 is 5.69 Å². The van der Waals surface area contributed by atoms with Crippen LogP contribution in [0.3, 0.4) is 0 Å². The maximum atomic E-state index is 12.3. The summed E-state index contributed by atoms with van der Waals surface area (Å²) in [5.41, 5.74) is 3.95. The van der Waals surface area contributed by atoms with Crippen molar-refractivity contribution in [2.45, 2.75) is 13.0 Å². The van der Waals surface area contributed by atoms with Gasteiger partial charge in [-0.3, -0.25) is 9.55 Å². The summed E-state index contributed by atoms with van der Waals surface area (Å²) in [5.74, 6) is 0.0859. The molecule has 0 aliphatic carbocycles. The first kappa shape index (κ1) is 23.5. The summed E-state index contributed by atoms with van der Waals surface area (Å²) in [6.45, 7) is 4.83. The molecule has 9 heteroatoms. The number of nitrogens with one attached hydrogen (secondary N) is 1. The lowest BCUT2D eigenvalue weighted by Crippen LogP contribution is -2.49. The molecule has 0 amide bonds. The molecule has 4 aromatic rings. The van der Waals surface area contributed by atoms with Gasteiger partial charge in [-0.2, -0.15) is 0 Å². The molecule has 0 saturated carbocycles. The van der Waals surface area contributed by atoms with Crippen molar-refractivity contribution in [1.29, 1.82) is 0 Å². The second-order valence-electron chi connectivity index (χ2n) is 8.81. The third kappa shape index (κ3) is 4.55. The molecule has 2 N–H and O–H groups in total. The Bertz CT molecular complexity index is 1460. The molecule has 3 heterocycles. The van der Waals surface area contributed by atoms with Crippen LogP contribution in [0.5, 0.6) is 5.75 Å². The Morgan fingerprint density at radius 1 is 1.06 bits per heavy atom. The van der Waals surface area contributed by atoms with Crippen LogP contribution in [-0.2, 0) is 7.05 Å². The summed E-state index contributed by atoms with van der Waals surface area (Å²) in [6.07, 6.45) is 6.90. The lowest BCUT2D eigenvalue weighted by molar-refractivity contribution is 0.479. The number of aromatic hydroxyl groups is 1. The number of aryl methyl sites for hydroxylation is 1. The van der Waals surface area contributed by atoms with E-state index in [0.717, 1.165) is 30.9 Å². The smallest absolute Gasteiger partial charge is 0.332 e. The van der Waals surface area contributed by atoms with Crippen LogP contribution in [-0.4, -0.2) is 44.9 Å². The van der Waals surface area contributed by atoms with Crippen LogP contribution in [0.1, 0.15) is 6.92 Å². The van der Waals surface area contributed by atoms with Crippen LogP contribution < -0.4 is 15.9 Å². The van der Waals surface area contributed by atoms with Crippen molar-refractivity contribution < 1.29 is 5.11 Å². The lowest BCUT2D eigenvalue weighted by atomic mass is 9.97. The van der Waals surface area contributed by atoms with Gasteiger partial charge in [0.2, 0.25) is 0 Å². The fraction of sp³-hybridized carbons (Fsp3) is 0.231. The zero-order chi connectivity index (χ0) is 24.7. The fourth-order valence-electron chi connectivity index (χ4n) is 4.47. The van der Waals surface area contributed by atoms with Gasteiger partial charge in [-0.15, -0.1) is 0 Å². The highest BCUT2D eigenvalue weighted by Crippen LogP contribution is 2.42. The summed E-state index contributed by atoms with van der Waals surface area (Å²) in [5, 5.41) is 15.6. The average Bonchev–Trinajstić information content (AvgIpc) is 3.18. The third-order valence-electron chi connectivity index (χ3n) is 6.31. The molecule has 1 saturated heterocycles. The van der Waals surface area contributed by atoms with Gasteiger partial charge in [0.15, 0.2) is 0 Å². The van der Waals surface area contributed by atoms with Crippen LogP contribution >= 0.6 is 23.2 Å². The number of hydrogen-bond acceptors (Lipinski definition) is 5. The normalized spacial score (nSPS) is 16.0. The number of pyridine rings is 1. The molecule has 1 aliphatic rings. The highest BCUT2D eigenvalue weighted by molar-refractivity contribution is 6.33. The molecule has 7 nitrogen and oxygen atoms in total. The molecule has 1 atom stereocenters. The van der Waals surface area contributed by atoms with Crippen molar-refractivity contribution in [2.24, 2.45) is 7.05 Å². The first-order valence-corrected chi connectivity index (χ1v) is 12.1. The molecule has 2 aromatic heterocycles. The van der Waals surface area contributed by atoms with Crippen LogP contribution in [0.4, 0.5) is 5.69 Å². The summed E-state index contributed by atoms with van der Waals surface area (Å²) >= 11 is 13.0. The second-order valence-corrected chi connectivity index (χ2v) is 9.65. The zero-order valence-corrected chi connectivity index (χ0v) is 20.9. The largest absolute Gasteiger partial charge is 0.507 e. The maximum absolute atomic E-state index is 12.3. The minimum absolute atomic E-state index is 0.0859. The van der Waals surface area contributed by atoms with E-state index in [1.807, 2.05) is 18.3 Å². The number of benzene rings is 2. The molecule has 2 aromatic carbocycles. The number of piperazine rings is 1. The molecule has 35 heavy (non-hydrogen) atoms. The van der Waals surface area contributed by atoms with Gasteiger partial charge in [0.05, 0.1) is 22.6 Å². The van der Waals surface area contributed by atoms with Gasteiger partial charge in [-0.1, -0.05) is 29.3 Å². The van der Waals surface area contributed by atoms with Crippen molar-refractivity contribution in [3.63, 3.8) is 0 Å². The molecule has 5 rings (SSSR count). The predicted octanol–water partition coefficient (Wildman–Crippen LogP) is 4.72. The number of halogens is 2. The number of phenolic OH excluding ortho intramolecular Hbond substituents is 1. The van der Waals surface area contributed by atoms with Gasteiger partial charge < -0.3 is 19.9 Å². The summed E-state index contributed by atoms with van der Waals surface area (Å²) < 4.78 is 2.95. The fourth-order valence-corrected chi connectivity index (χ4v) is 4.96. The zero-order valence-electron chi connectivity index (χ0n) is 19.4. The van der Waals surface area contributed by atoms with Crippen LogP contribution in [0.2, 0.25) is 10.0 Å². The van der Waals surface area contributed by atoms with E-state index in [1.54, 1.807) is 49.9 Å². The first-order chi connectivity index (χ1) is 16.8. The van der Waals surface area contributed by atoms with E-state index in [4.69, 9.17) is 23.2 Å². The van der Waals surface area contributed by atoms with Gasteiger partial charge in [0.25, 0.3) is 0 Å². The monoisotopic (exact) mass is 509 g/mol. The summed E-state index contributed by atoms with van der Waals surface area (Å²) in [4.78, 5) is 19.0. The highest BCUT2D eigenvalue weighted by atomic mass is 35.5. The Morgan fingerprint density at radius 2 is 1.83 bits per heavy atom.